The molecule has 1 aromatic rings. The van der Waals surface area contributed by atoms with Gasteiger partial charge in [0, 0.05) is 13.1 Å². The summed E-state index contributed by atoms with van der Waals surface area (Å²) in [5, 5.41) is 13.4. The highest BCUT2D eigenvalue weighted by atomic mass is 16.2. The van der Waals surface area contributed by atoms with Gasteiger partial charge in [0.1, 0.15) is 5.82 Å². The molecule has 0 fully saturated rings. The highest BCUT2D eigenvalue weighted by Crippen LogP contribution is 2.05. The number of fused-ring (bicyclic) bond motifs is 1. The van der Waals surface area contributed by atoms with E-state index in [9.17, 15) is 4.79 Å². The van der Waals surface area contributed by atoms with Crippen LogP contribution in [0.25, 0.3) is 0 Å². The van der Waals surface area contributed by atoms with Crippen LogP contribution in [0.2, 0.25) is 0 Å². The third-order valence-electron chi connectivity index (χ3n) is 1.99. The van der Waals surface area contributed by atoms with Crippen molar-refractivity contribution >= 4 is 5.91 Å². The minimum absolute atomic E-state index is 0.138. The van der Waals surface area contributed by atoms with Crippen molar-refractivity contribution in [2.45, 2.75) is 13.1 Å². The van der Waals surface area contributed by atoms with E-state index >= 15 is 0 Å². The SMILES string of the molecule is CNCc1nnc2n1CCNC2=O. The van der Waals surface area contributed by atoms with Crippen LogP contribution < -0.4 is 10.6 Å². The first-order chi connectivity index (χ1) is 6.33. The van der Waals surface area contributed by atoms with Crippen LogP contribution >= 0.6 is 0 Å². The number of hydrogen-bond acceptors (Lipinski definition) is 4. The average Bonchev–Trinajstić information content (AvgIpc) is 2.51. The molecule has 2 heterocycles. The van der Waals surface area contributed by atoms with Crippen molar-refractivity contribution in [2.75, 3.05) is 13.6 Å². The highest BCUT2D eigenvalue weighted by molar-refractivity contribution is 5.91. The van der Waals surface area contributed by atoms with E-state index in [0.717, 1.165) is 12.4 Å². The van der Waals surface area contributed by atoms with E-state index in [0.29, 0.717) is 18.9 Å². The fourth-order valence-corrected chi connectivity index (χ4v) is 1.39. The fraction of sp³-hybridized carbons (Fsp3) is 0.571. The lowest BCUT2D eigenvalue weighted by molar-refractivity contribution is 0.0921. The highest BCUT2D eigenvalue weighted by Gasteiger charge is 2.21. The number of carbonyl (C=O) groups is 1. The van der Waals surface area contributed by atoms with Crippen molar-refractivity contribution in [3.63, 3.8) is 0 Å². The van der Waals surface area contributed by atoms with Crippen LogP contribution in [0.1, 0.15) is 16.4 Å². The second-order valence-electron chi connectivity index (χ2n) is 2.88. The van der Waals surface area contributed by atoms with Gasteiger partial charge in [-0.15, -0.1) is 10.2 Å². The Balaban J connectivity index is 2.36. The van der Waals surface area contributed by atoms with E-state index in [-0.39, 0.29) is 5.91 Å². The standard InChI is InChI=1S/C7H11N5O/c1-8-4-5-10-11-6-7(13)9-2-3-12(5)6/h8H,2-4H2,1H3,(H,9,13). The second kappa shape index (κ2) is 3.14. The minimum atomic E-state index is -0.138. The summed E-state index contributed by atoms with van der Waals surface area (Å²) in [6.07, 6.45) is 0. The summed E-state index contributed by atoms with van der Waals surface area (Å²) in [4.78, 5) is 11.2. The van der Waals surface area contributed by atoms with Gasteiger partial charge in [0.25, 0.3) is 5.91 Å². The Bertz CT molecular complexity index is 332. The maximum absolute atomic E-state index is 11.2. The van der Waals surface area contributed by atoms with E-state index in [1.165, 1.54) is 0 Å². The Kier molecular flexibility index (Phi) is 1.97. The molecule has 70 valence electrons. The Morgan fingerprint density at radius 1 is 1.62 bits per heavy atom. The predicted molar refractivity (Wildman–Crippen MR) is 45.1 cm³/mol. The summed E-state index contributed by atoms with van der Waals surface area (Å²) in [6.45, 7) is 2.05. The van der Waals surface area contributed by atoms with Crippen LogP contribution in [0.4, 0.5) is 0 Å². The topological polar surface area (TPSA) is 71.8 Å². The molecule has 0 atom stereocenters. The molecule has 2 N–H and O–H groups in total. The molecule has 0 spiro atoms. The van der Waals surface area contributed by atoms with Crippen LogP contribution in [0.5, 0.6) is 0 Å². The summed E-state index contributed by atoms with van der Waals surface area (Å²) < 4.78 is 1.84. The lowest BCUT2D eigenvalue weighted by Gasteiger charge is -2.15. The molecule has 6 heteroatoms. The molecule has 1 amide bonds. The van der Waals surface area contributed by atoms with Gasteiger partial charge in [-0.3, -0.25) is 4.79 Å². The van der Waals surface area contributed by atoms with Crippen molar-refractivity contribution in [3.05, 3.63) is 11.6 Å². The van der Waals surface area contributed by atoms with Crippen molar-refractivity contribution in [1.29, 1.82) is 0 Å². The van der Waals surface area contributed by atoms with Gasteiger partial charge in [0.05, 0.1) is 6.54 Å². The minimum Gasteiger partial charge on any atom is -0.348 e. The van der Waals surface area contributed by atoms with E-state index in [1.807, 2.05) is 11.6 Å². The van der Waals surface area contributed by atoms with Gasteiger partial charge >= 0.3 is 0 Å². The smallest absolute Gasteiger partial charge is 0.289 e. The Hall–Kier alpha value is -1.43. The van der Waals surface area contributed by atoms with E-state index in [1.54, 1.807) is 0 Å². The number of hydrogen-bond donors (Lipinski definition) is 2. The molecule has 0 unspecified atom stereocenters. The van der Waals surface area contributed by atoms with Gasteiger partial charge < -0.3 is 15.2 Å². The molecule has 0 aliphatic carbocycles. The monoisotopic (exact) mass is 181 g/mol. The molecule has 0 bridgehead atoms. The average molecular weight is 181 g/mol. The third kappa shape index (κ3) is 1.29. The Morgan fingerprint density at radius 3 is 3.23 bits per heavy atom. The van der Waals surface area contributed by atoms with Gasteiger partial charge in [-0.1, -0.05) is 0 Å². The van der Waals surface area contributed by atoms with Gasteiger partial charge in [-0.2, -0.15) is 0 Å². The normalized spacial score (nSPS) is 15.3. The predicted octanol–water partition coefficient (Wildman–Crippen LogP) is -1.26. The molecular formula is C7H11N5O. The molecule has 0 radical (unpaired) electrons. The molecule has 2 rings (SSSR count). The van der Waals surface area contributed by atoms with Gasteiger partial charge in [0.2, 0.25) is 5.82 Å². The number of carbonyl (C=O) groups excluding carboxylic acids is 1. The van der Waals surface area contributed by atoms with Crippen LogP contribution in [0.15, 0.2) is 0 Å². The molecule has 1 aromatic heterocycles. The molecule has 6 nitrogen and oxygen atoms in total. The molecule has 1 aliphatic heterocycles. The Morgan fingerprint density at radius 2 is 2.46 bits per heavy atom. The van der Waals surface area contributed by atoms with Crippen molar-refractivity contribution in [2.24, 2.45) is 0 Å². The Labute approximate surface area is 75.3 Å². The largest absolute Gasteiger partial charge is 0.348 e. The fourth-order valence-electron chi connectivity index (χ4n) is 1.39. The number of nitrogens with one attached hydrogen (secondary N) is 2. The maximum atomic E-state index is 11.2. The number of amides is 1. The summed E-state index contributed by atoms with van der Waals surface area (Å²) in [5.41, 5.74) is 0. The number of rotatable bonds is 2. The first kappa shape index (κ1) is 8.18. The molecule has 13 heavy (non-hydrogen) atoms. The summed E-state index contributed by atoms with van der Waals surface area (Å²) in [5.74, 6) is 1.09. The molecule has 0 aromatic carbocycles. The zero-order chi connectivity index (χ0) is 9.26. The van der Waals surface area contributed by atoms with Crippen molar-refractivity contribution in [3.8, 4) is 0 Å². The first-order valence-corrected chi connectivity index (χ1v) is 4.18. The van der Waals surface area contributed by atoms with E-state index in [4.69, 9.17) is 0 Å². The van der Waals surface area contributed by atoms with Gasteiger partial charge in [-0.25, -0.2) is 0 Å². The maximum Gasteiger partial charge on any atom is 0.289 e. The zero-order valence-electron chi connectivity index (χ0n) is 7.37. The zero-order valence-corrected chi connectivity index (χ0v) is 7.37. The molecular weight excluding hydrogens is 170 g/mol. The van der Waals surface area contributed by atoms with Crippen LogP contribution in [0.3, 0.4) is 0 Å². The first-order valence-electron chi connectivity index (χ1n) is 4.18. The summed E-state index contributed by atoms with van der Waals surface area (Å²) in [6, 6.07) is 0. The second-order valence-corrected chi connectivity index (χ2v) is 2.88. The van der Waals surface area contributed by atoms with Gasteiger partial charge in [0.15, 0.2) is 0 Å². The molecule has 1 aliphatic rings. The van der Waals surface area contributed by atoms with Gasteiger partial charge in [-0.05, 0) is 7.05 Å². The van der Waals surface area contributed by atoms with Crippen molar-refractivity contribution in [1.82, 2.24) is 25.4 Å². The summed E-state index contributed by atoms with van der Waals surface area (Å²) >= 11 is 0. The number of nitrogens with zero attached hydrogens (tertiary/aromatic N) is 3. The third-order valence-corrected chi connectivity index (χ3v) is 1.99. The lowest BCUT2D eigenvalue weighted by atomic mass is 10.4. The quantitative estimate of drug-likeness (QED) is 0.597. The van der Waals surface area contributed by atoms with E-state index in [2.05, 4.69) is 20.8 Å². The summed E-state index contributed by atoms with van der Waals surface area (Å²) in [7, 11) is 1.84. The molecule has 0 saturated carbocycles. The number of aromatic nitrogens is 3. The van der Waals surface area contributed by atoms with Crippen LogP contribution in [0, 0.1) is 0 Å². The van der Waals surface area contributed by atoms with Crippen molar-refractivity contribution < 1.29 is 4.79 Å². The lowest BCUT2D eigenvalue weighted by Crippen LogP contribution is -2.36. The van der Waals surface area contributed by atoms with Crippen LogP contribution in [-0.4, -0.2) is 34.3 Å². The molecule has 0 saturated heterocycles. The van der Waals surface area contributed by atoms with Crippen LogP contribution in [-0.2, 0) is 13.1 Å². The van der Waals surface area contributed by atoms with E-state index < -0.39 is 0 Å².